The van der Waals surface area contributed by atoms with Crippen molar-refractivity contribution in [2.75, 3.05) is 0 Å². The highest BCUT2D eigenvalue weighted by Gasteiger charge is 2.42. The second-order valence-corrected chi connectivity index (χ2v) is 7.83. The Morgan fingerprint density at radius 2 is 1.76 bits per heavy atom. The molecule has 1 aliphatic heterocycles. The number of hydrogen-bond donors (Lipinski definition) is 0. The van der Waals surface area contributed by atoms with Gasteiger partial charge in [-0.3, -0.25) is 9.59 Å². The Bertz CT molecular complexity index is 1030. The zero-order valence-corrected chi connectivity index (χ0v) is 17.7. The van der Waals surface area contributed by atoms with Crippen LogP contribution in [0.15, 0.2) is 60.6 Å². The first kappa shape index (κ1) is 20.9. The summed E-state index contributed by atoms with van der Waals surface area (Å²) in [5.74, 6) is -0.561. The van der Waals surface area contributed by atoms with E-state index < -0.39 is 11.6 Å². The normalized spacial score (nSPS) is 15.9. The monoisotopic (exact) mass is 410 g/mol. The molecular formula is C24H23ClO4. The quantitative estimate of drug-likeness (QED) is 0.603. The lowest BCUT2D eigenvalue weighted by Gasteiger charge is -2.33. The van der Waals surface area contributed by atoms with Crippen LogP contribution in [0.5, 0.6) is 0 Å². The number of halogens is 1. The second-order valence-electron chi connectivity index (χ2n) is 7.39. The van der Waals surface area contributed by atoms with Crippen molar-refractivity contribution in [2.45, 2.75) is 39.7 Å². The van der Waals surface area contributed by atoms with E-state index in [2.05, 4.69) is 6.58 Å². The van der Waals surface area contributed by atoms with Crippen LogP contribution < -0.4 is 0 Å². The first-order valence-electron chi connectivity index (χ1n) is 9.39. The highest BCUT2D eigenvalue weighted by atomic mass is 35.5. The molecule has 2 aromatic carbocycles. The van der Waals surface area contributed by atoms with Crippen molar-refractivity contribution in [3.8, 4) is 11.1 Å². The average Bonchev–Trinajstić information content (AvgIpc) is 2.66. The van der Waals surface area contributed by atoms with Crippen molar-refractivity contribution < 1.29 is 19.1 Å². The van der Waals surface area contributed by atoms with Gasteiger partial charge in [-0.2, -0.15) is 0 Å². The molecule has 0 aromatic heterocycles. The van der Waals surface area contributed by atoms with Gasteiger partial charge < -0.3 is 9.47 Å². The molecule has 0 atom stereocenters. The largest absolute Gasteiger partial charge is 0.476 e. The third-order valence-electron chi connectivity index (χ3n) is 4.82. The molecule has 0 unspecified atom stereocenters. The van der Waals surface area contributed by atoms with Gasteiger partial charge in [0.2, 0.25) is 5.78 Å². The van der Waals surface area contributed by atoms with Crippen LogP contribution in [-0.2, 0) is 25.5 Å². The topological polar surface area (TPSA) is 52.6 Å². The molecule has 5 heteroatoms. The van der Waals surface area contributed by atoms with E-state index in [1.54, 1.807) is 13.8 Å². The molecule has 4 nitrogen and oxygen atoms in total. The van der Waals surface area contributed by atoms with E-state index in [0.29, 0.717) is 22.6 Å². The molecule has 3 rings (SSSR count). The van der Waals surface area contributed by atoms with Crippen LogP contribution in [0.3, 0.4) is 0 Å². The summed E-state index contributed by atoms with van der Waals surface area (Å²) in [6, 6.07) is 13.4. The van der Waals surface area contributed by atoms with Crippen LogP contribution in [-0.4, -0.2) is 17.4 Å². The minimum Gasteiger partial charge on any atom is -0.476 e. The molecule has 0 saturated carbocycles. The number of ether oxygens (including phenoxy) is 2. The first-order valence-corrected chi connectivity index (χ1v) is 9.77. The molecule has 0 spiro atoms. The smallest absolute Gasteiger partial charge is 0.308 e. The number of esters is 1. The molecule has 0 radical (unpaired) electrons. The van der Waals surface area contributed by atoms with Gasteiger partial charge in [-0.25, -0.2) is 0 Å². The summed E-state index contributed by atoms with van der Waals surface area (Å²) in [5.41, 5.74) is 2.75. The fourth-order valence-electron chi connectivity index (χ4n) is 3.38. The zero-order valence-electron chi connectivity index (χ0n) is 17.0. The van der Waals surface area contributed by atoms with E-state index in [4.69, 9.17) is 21.1 Å². The van der Waals surface area contributed by atoms with Crippen molar-refractivity contribution in [3.05, 3.63) is 76.7 Å². The molecule has 0 aliphatic carbocycles. The number of Topliss-reactive ketones (excluding diaryl/α,β-unsaturated/α-hetero) is 1. The maximum absolute atomic E-state index is 13.3. The van der Waals surface area contributed by atoms with Crippen molar-refractivity contribution in [1.82, 2.24) is 0 Å². The van der Waals surface area contributed by atoms with E-state index in [9.17, 15) is 9.59 Å². The predicted molar refractivity (Wildman–Crippen MR) is 114 cm³/mol. The Labute approximate surface area is 175 Å². The van der Waals surface area contributed by atoms with Crippen LogP contribution in [0.25, 0.3) is 16.7 Å². The second kappa shape index (κ2) is 7.88. The molecule has 150 valence electrons. The Morgan fingerprint density at radius 1 is 1.14 bits per heavy atom. The molecule has 0 N–H and O–H groups in total. The highest BCUT2D eigenvalue weighted by Crippen LogP contribution is 2.40. The van der Waals surface area contributed by atoms with E-state index in [0.717, 1.165) is 16.7 Å². The lowest BCUT2D eigenvalue weighted by atomic mass is 9.84. The summed E-state index contributed by atoms with van der Waals surface area (Å²) in [5, 5.41) is 0.650. The SMILES string of the molecule is C=C1OC(C)(C)C(=O)C(c2cc(-c3ccc(Cl)cc3)ccc2CC)=C1OC(C)=O. The van der Waals surface area contributed by atoms with E-state index in [1.807, 2.05) is 49.4 Å². The van der Waals surface area contributed by atoms with Crippen LogP contribution in [0, 0.1) is 0 Å². The number of aryl methyl sites for hydroxylation is 1. The van der Waals surface area contributed by atoms with Gasteiger partial charge in [-0.1, -0.05) is 49.4 Å². The van der Waals surface area contributed by atoms with Crippen LogP contribution in [0.2, 0.25) is 5.02 Å². The van der Waals surface area contributed by atoms with Crippen LogP contribution >= 0.6 is 11.6 Å². The van der Waals surface area contributed by atoms with Crippen molar-refractivity contribution in [3.63, 3.8) is 0 Å². The molecular weight excluding hydrogens is 388 g/mol. The van der Waals surface area contributed by atoms with Gasteiger partial charge in [0.1, 0.15) is 0 Å². The minimum absolute atomic E-state index is 0.0739. The highest BCUT2D eigenvalue weighted by molar-refractivity contribution is 6.30. The van der Waals surface area contributed by atoms with Crippen LogP contribution in [0.4, 0.5) is 0 Å². The van der Waals surface area contributed by atoms with Gasteiger partial charge in [0.15, 0.2) is 17.1 Å². The minimum atomic E-state index is -1.11. The van der Waals surface area contributed by atoms with E-state index >= 15 is 0 Å². The fraction of sp³-hybridized carbons (Fsp3) is 0.250. The summed E-state index contributed by atoms with van der Waals surface area (Å²) < 4.78 is 11.0. The molecule has 0 fully saturated rings. The summed E-state index contributed by atoms with van der Waals surface area (Å²) in [7, 11) is 0. The number of carbonyl (C=O) groups excluding carboxylic acids is 2. The van der Waals surface area contributed by atoms with E-state index in [1.165, 1.54) is 6.92 Å². The Balaban J connectivity index is 2.27. The molecule has 0 amide bonds. The lowest BCUT2D eigenvalue weighted by Crippen LogP contribution is -2.40. The van der Waals surface area contributed by atoms with Gasteiger partial charge in [0.25, 0.3) is 0 Å². The maximum Gasteiger partial charge on any atom is 0.308 e. The van der Waals surface area contributed by atoms with Gasteiger partial charge >= 0.3 is 5.97 Å². The number of benzene rings is 2. The Hall–Kier alpha value is -2.85. The van der Waals surface area contributed by atoms with Gasteiger partial charge in [-0.15, -0.1) is 0 Å². The van der Waals surface area contributed by atoms with Gasteiger partial charge in [0, 0.05) is 11.9 Å². The standard InChI is InChI=1S/C24H23ClO4/c1-6-16-7-8-18(17-9-11-19(25)12-10-17)13-20(16)21-22(28-15(3)26)14(2)29-24(4,5)23(21)27/h7-13H,2,6H2,1,3-5H3. The molecule has 1 heterocycles. The zero-order chi connectivity index (χ0) is 21.3. The summed E-state index contributed by atoms with van der Waals surface area (Å²) in [6.07, 6.45) is 0.703. The van der Waals surface area contributed by atoms with E-state index in [-0.39, 0.29) is 17.3 Å². The number of ketones is 1. The Morgan fingerprint density at radius 3 is 2.34 bits per heavy atom. The lowest BCUT2D eigenvalue weighted by molar-refractivity contribution is -0.139. The first-order chi connectivity index (χ1) is 13.6. The summed E-state index contributed by atoms with van der Waals surface area (Å²) >= 11 is 6.01. The van der Waals surface area contributed by atoms with Crippen molar-refractivity contribution in [2.24, 2.45) is 0 Å². The average molecular weight is 411 g/mol. The fourth-order valence-corrected chi connectivity index (χ4v) is 3.51. The van der Waals surface area contributed by atoms with Gasteiger partial charge in [-0.05, 0) is 60.7 Å². The third-order valence-corrected chi connectivity index (χ3v) is 5.07. The number of carbonyl (C=O) groups is 2. The van der Waals surface area contributed by atoms with Crippen molar-refractivity contribution in [1.29, 1.82) is 0 Å². The molecule has 2 aromatic rings. The molecule has 29 heavy (non-hydrogen) atoms. The predicted octanol–water partition coefficient (Wildman–Crippen LogP) is 5.74. The molecule has 0 bridgehead atoms. The maximum atomic E-state index is 13.3. The third kappa shape index (κ3) is 4.13. The van der Waals surface area contributed by atoms with Gasteiger partial charge in [0.05, 0.1) is 5.57 Å². The Kier molecular flexibility index (Phi) is 5.67. The van der Waals surface area contributed by atoms with Crippen LogP contribution in [0.1, 0.15) is 38.8 Å². The molecule has 0 saturated heterocycles. The van der Waals surface area contributed by atoms with Crippen molar-refractivity contribution >= 4 is 28.9 Å². The number of rotatable bonds is 4. The summed E-state index contributed by atoms with van der Waals surface area (Å²) in [4.78, 5) is 25.0. The summed E-state index contributed by atoms with van der Waals surface area (Å²) in [6.45, 7) is 10.5. The molecule has 1 aliphatic rings. The number of hydrogen-bond acceptors (Lipinski definition) is 4.